The molecule has 0 aliphatic carbocycles. The molecule has 1 saturated heterocycles. The van der Waals surface area contributed by atoms with Gasteiger partial charge in [0.05, 0.1) is 11.8 Å². The SMILES string of the molecule is CN(C)C1CCCN(c2c(NC(=O)c3nc(-c4c(F)cccc4F)sc3N)cnn2C)CC1. The first-order valence-corrected chi connectivity index (χ1v) is 11.5. The van der Waals surface area contributed by atoms with Crippen molar-refractivity contribution >= 4 is 33.8 Å². The van der Waals surface area contributed by atoms with E-state index < -0.39 is 17.5 Å². The van der Waals surface area contributed by atoms with Crippen LogP contribution in [0.15, 0.2) is 24.4 Å². The molecular weight excluding hydrogens is 448 g/mol. The summed E-state index contributed by atoms with van der Waals surface area (Å²) in [7, 11) is 6.01. The lowest BCUT2D eigenvalue weighted by atomic mass is 10.1. The van der Waals surface area contributed by atoms with Crippen LogP contribution in [-0.4, -0.2) is 58.8 Å². The van der Waals surface area contributed by atoms with Gasteiger partial charge in [0.15, 0.2) is 11.5 Å². The largest absolute Gasteiger partial charge is 0.389 e. The second kappa shape index (κ2) is 9.44. The van der Waals surface area contributed by atoms with E-state index in [4.69, 9.17) is 5.73 Å². The van der Waals surface area contributed by atoms with Crippen molar-refractivity contribution in [3.8, 4) is 10.6 Å². The van der Waals surface area contributed by atoms with Crippen molar-refractivity contribution in [2.75, 3.05) is 43.1 Å². The summed E-state index contributed by atoms with van der Waals surface area (Å²) in [4.78, 5) is 21.6. The van der Waals surface area contributed by atoms with E-state index in [1.165, 1.54) is 6.07 Å². The summed E-state index contributed by atoms with van der Waals surface area (Å²) in [6.07, 6.45) is 4.72. The molecule has 11 heteroatoms. The molecule has 1 aliphatic heterocycles. The van der Waals surface area contributed by atoms with Crippen LogP contribution < -0.4 is 16.0 Å². The number of nitrogens with two attached hydrogens (primary N) is 1. The smallest absolute Gasteiger partial charge is 0.277 e. The number of nitrogen functional groups attached to an aromatic ring is 1. The van der Waals surface area contributed by atoms with Gasteiger partial charge in [-0.2, -0.15) is 5.10 Å². The summed E-state index contributed by atoms with van der Waals surface area (Å²) in [5, 5.41) is 7.26. The molecule has 1 aliphatic rings. The number of nitrogens with zero attached hydrogens (tertiary/aromatic N) is 5. The van der Waals surface area contributed by atoms with Crippen molar-refractivity contribution in [3.05, 3.63) is 41.7 Å². The average molecular weight is 476 g/mol. The summed E-state index contributed by atoms with van der Waals surface area (Å²) < 4.78 is 30.1. The van der Waals surface area contributed by atoms with Crippen molar-refractivity contribution in [2.45, 2.75) is 25.3 Å². The number of nitrogens with one attached hydrogen (secondary N) is 1. The van der Waals surface area contributed by atoms with Gasteiger partial charge in [-0.25, -0.2) is 13.8 Å². The molecule has 1 amide bonds. The average Bonchev–Trinajstić information content (AvgIpc) is 3.20. The van der Waals surface area contributed by atoms with Gasteiger partial charge in [-0.3, -0.25) is 9.48 Å². The zero-order valence-corrected chi connectivity index (χ0v) is 19.6. The van der Waals surface area contributed by atoms with E-state index in [2.05, 4.69) is 39.3 Å². The lowest BCUT2D eigenvalue weighted by Gasteiger charge is -2.25. The van der Waals surface area contributed by atoms with Gasteiger partial charge in [0.1, 0.15) is 27.3 Å². The van der Waals surface area contributed by atoms with Gasteiger partial charge < -0.3 is 20.9 Å². The van der Waals surface area contributed by atoms with Gasteiger partial charge in [-0.1, -0.05) is 17.4 Å². The Morgan fingerprint density at radius 1 is 1.24 bits per heavy atom. The van der Waals surface area contributed by atoms with Crippen molar-refractivity contribution in [1.29, 1.82) is 0 Å². The standard InChI is InChI=1S/C22H27F2N7OS/c1-29(2)13-6-5-10-31(11-9-13)22-16(12-26-30(22)3)27-20(32)18-19(25)33-21(28-18)17-14(23)7-4-8-15(17)24/h4,7-8,12-13H,5-6,9-11,25H2,1-3H3,(H,27,32). The van der Waals surface area contributed by atoms with Crippen LogP contribution in [-0.2, 0) is 7.05 Å². The fourth-order valence-corrected chi connectivity index (χ4v) is 5.06. The highest BCUT2D eigenvalue weighted by Crippen LogP contribution is 2.34. The number of aromatic nitrogens is 3. The normalized spacial score (nSPS) is 16.8. The Kier molecular flexibility index (Phi) is 6.61. The number of aryl methyl sites for hydroxylation is 1. The highest BCUT2D eigenvalue weighted by Gasteiger charge is 2.26. The second-order valence-corrected chi connectivity index (χ2v) is 9.35. The Hall–Kier alpha value is -3.05. The molecule has 3 heterocycles. The third-order valence-electron chi connectivity index (χ3n) is 5.93. The molecule has 0 saturated carbocycles. The van der Waals surface area contributed by atoms with E-state index in [0.717, 1.165) is 61.6 Å². The number of hydrogen-bond acceptors (Lipinski definition) is 7. The molecule has 8 nitrogen and oxygen atoms in total. The van der Waals surface area contributed by atoms with E-state index >= 15 is 0 Å². The lowest BCUT2D eigenvalue weighted by molar-refractivity contribution is 0.102. The van der Waals surface area contributed by atoms with Gasteiger partial charge in [0, 0.05) is 26.2 Å². The van der Waals surface area contributed by atoms with E-state index in [1.807, 2.05) is 7.05 Å². The Bertz CT molecular complexity index is 1140. The van der Waals surface area contributed by atoms with E-state index in [1.54, 1.807) is 10.9 Å². The molecule has 2 aromatic heterocycles. The zero-order valence-electron chi connectivity index (χ0n) is 18.8. The summed E-state index contributed by atoms with van der Waals surface area (Å²) in [5.41, 5.74) is 6.17. The second-order valence-electron chi connectivity index (χ2n) is 8.32. The molecule has 1 aromatic carbocycles. The number of halogens is 2. The number of carbonyl (C=O) groups is 1. The number of rotatable bonds is 5. The predicted octanol–water partition coefficient (Wildman–Crippen LogP) is 3.58. The van der Waals surface area contributed by atoms with E-state index in [0.29, 0.717) is 11.7 Å². The molecule has 4 rings (SSSR count). The van der Waals surface area contributed by atoms with Crippen LogP contribution in [0.3, 0.4) is 0 Å². The molecular formula is C22H27F2N7OS. The predicted molar refractivity (Wildman–Crippen MR) is 127 cm³/mol. The molecule has 1 atom stereocenters. The van der Waals surface area contributed by atoms with Crippen LogP contribution in [0, 0.1) is 11.6 Å². The van der Waals surface area contributed by atoms with Crippen molar-refractivity contribution in [3.63, 3.8) is 0 Å². The molecule has 0 radical (unpaired) electrons. The number of thiazole rings is 1. The Morgan fingerprint density at radius 3 is 2.67 bits per heavy atom. The minimum atomic E-state index is -0.762. The summed E-state index contributed by atoms with van der Waals surface area (Å²) in [5.74, 6) is -1.27. The highest BCUT2D eigenvalue weighted by molar-refractivity contribution is 7.19. The minimum absolute atomic E-state index is 0.0157. The van der Waals surface area contributed by atoms with Crippen LogP contribution in [0.2, 0.25) is 0 Å². The first-order chi connectivity index (χ1) is 15.8. The molecule has 0 spiro atoms. The molecule has 1 unspecified atom stereocenters. The lowest BCUT2D eigenvalue weighted by Crippen LogP contribution is -2.31. The maximum absolute atomic E-state index is 14.2. The Balaban J connectivity index is 1.57. The highest BCUT2D eigenvalue weighted by atomic mass is 32.1. The van der Waals surface area contributed by atoms with E-state index in [9.17, 15) is 13.6 Å². The maximum Gasteiger partial charge on any atom is 0.277 e. The van der Waals surface area contributed by atoms with Crippen LogP contribution in [0.5, 0.6) is 0 Å². The van der Waals surface area contributed by atoms with Crippen LogP contribution in [0.25, 0.3) is 10.6 Å². The molecule has 3 aromatic rings. The van der Waals surface area contributed by atoms with Crippen molar-refractivity contribution in [2.24, 2.45) is 7.05 Å². The Morgan fingerprint density at radius 2 is 1.97 bits per heavy atom. The quantitative estimate of drug-likeness (QED) is 0.586. The number of benzene rings is 1. The molecule has 176 valence electrons. The number of amides is 1. The summed E-state index contributed by atoms with van der Waals surface area (Å²) >= 11 is 0.868. The van der Waals surface area contributed by atoms with E-state index in [-0.39, 0.29) is 21.3 Å². The fourth-order valence-electron chi connectivity index (χ4n) is 4.19. The van der Waals surface area contributed by atoms with Gasteiger partial charge in [0.25, 0.3) is 5.91 Å². The number of carbonyl (C=O) groups excluding carboxylic acids is 1. The summed E-state index contributed by atoms with van der Waals surface area (Å²) in [6, 6.07) is 4.05. The first-order valence-electron chi connectivity index (χ1n) is 10.7. The summed E-state index contributed by atoms with van der Waals surface area (Å²) in [6.45, 7) is 1.68. The maximum atomic E-state index is 14.2. The zero-order chi connectivity index (χ0) is 23.7. The molecule has 3 N–H and O–H groups in total. The van der Waals surface area contributed by atoms with Gasteiger partial charge >= 0.3 is 0 Å². The third kappa shape index (κ3) is 4.69. The van der Waals surface area contributed by atoms with Crippen molar-refractivity contribution in [1.82, 2.24) is 19.7 Å². The third-order valence-corrected chi connectivity index (χ3v) is 6.83. The minimum Gasteiger partial charge on any atom is -0.389 e. The molecule has 1 fully saturated rings. The molecule has 0 bridgehead atoms. The van der Waals surface area contributed by atoms with Gasteiger partial charge in [-0.05, 0) is 45.5 Å². The fraction of sp³-hybridized carbons (Fsp3) is 0.409. The number of anilines is 3. The van der Waals surface area contributed by atoms with Crippen molar-refractivity contribution < 1.29 is 13.6 Å². The molecule has 33 heavy (non-hydrogen) atoms. The number of hydrogen-bond donors (Lipinski definition) is 2. The Labute approximate surface area is 195 Å². The van der Waals surface area contributed by atoms with Crippen LogP contribution >= 0.6 is 11.3 Å². The monoisotopic (exact) mass is 475 g/mol. The van der Waals surface area contributed by atoms with Gasteiger partial charge in [0.2, 0.25) is 0 Å². The van der Waals surface area contributed by atoms with Crippen LogP contribution in [0.1, 0.15) is 29.8 Å². The van der Waals surface area contributed by atoms with Gasteiger partial charge in [-0.15, -0.1) is 0 Å². The first kappa shape index (κ1) is 23.1. The topological polar surface area (TPSA) is 92.3 Å². The van der Waals surface area contributed by atoms with Crippen LogP contribution in [0.4, 0.5) is 25.3 Å².